The third-order valence-electron chi connectivity index (χ3n) is 4.20. The molecule has 0 saturated heterocycles. The van der Waals surface area contributed by atoms with Gasteiger partial charge in [-0.15, -0.1) is 0 Å². The number of amides is 1. The van der Waals surface area contributed by atoms with E-state index in [-0.39, 0.29) is 23.1 Å². The van der Waals surface area contributed by atoms with E-state index in [2.05, 4.69) is 15.3 Å². The maximum Gasteiger partial charge on any atom is 0.259 e. The fourth-order valence-electron chi connectivity index (χ4n) is 3.04. The average Bonchev–Trinajstić information content (AvgIpc) is 3.30. The molecule has 1 aliphatic carbocycles. The van der Waals surface area contributed by atoms with Crippen LogP contribution < -0.4 is 5.32 Å². The van der Waals surface area contributed by atoms with Crippen molar-refractivity contribution in [2.45, 2.75) is 58.7 Å². The van der Waals surface area contributed by atoms with Crippen LogP contribution >= 0.6 is 11.6 Å². The lowest BCUT2D eigenvalue weighted by atomic mass is 10.1. The Balaban J connectivity index is 2.18. The Morgan fingerprint density at radius 2 is 1.96 bits per heavy atom. The summed E-state index contributed by atoms with van der Waals surface area (Å²) in [6, 6.07) is 4.33. The number of nitrogens with zero attached hydrogens (tertiary/aromatic N) is 3. The molecule has 0 atom stereocenters. The van der Waals surface area contributed by atoms with Crippen molar-refractivity contribution in [1.29, 1.82) is 0 Å². The molecule has 6 heteroatoms. The van der Waals surface area contributed by atoms with Crippen LogP contribution in [0.2, 0.25) is 5.15 Å². The number of hydrogen-bond donors (Lipinski definition) is 1. The van der Waals surface area contributed by atoms with Gasteiger partial charge in [0.05, 0.1) is 5.69 Å². The zero-order chi connectivity index (χ0) is 17.4. The summed E-state index contributed by atoms with van der Waals surface area (Å²) in [6.45, 7) is 8.04. The van der Waals surface area contributed by atoms with E-state index in [1.165, 1.54) is 0 Å². The van der Waals surface area contributed by atoms with Crippen LogP contribution in [0.3, 0.4) is 0 Å². The minimum Gasteiger partial charge on any atom is -0.381 e. The zero-order valence-corrected chi connectivity index (χ0v) is 15.3. The van der Waals surface area contributed by atoms with Gasteiger partial charge in [-0.05, 0) is 52.7 Å². The number of aromatic nitrogens is 2. The highest BCUT2D eigenvalue weighted by Crippen LogP contribution is 2.35. The van der Waals surface area contributed by atoms with E-state index in [9.17, 15) is 4.79 Å². The molecule has 0 spiro atoms. The summed E-state index contributed by atoms with van der Waals surface area (Å²) >= 11 is 6.42. The molecule has 1 N–H and O–H groups in total. The van der Waals surface area contributed by atoms with Crippen molar-refractivity contribution in [2.24, 2.45) is 0 Å². The molecule has 1 aliphatic rings. The number of anilines is 1. The zero-order valence-electron chi connectivity index (χ0n) is 14.5. The summed E-state index contributed by atoms with van der Waals surface area (Å²) in [5, 5.41) is 4.52. The molecule has 24 heavy (non-hydrogen) atoms. The van der Waals surface area contributed by atoms with Crippen LogP contribution in [0.1, 0.15) is 50.9 Å². The Hall–Kier alpha value is -1.88. The summed E-state index contributed by atoms with van der Waals surface area (Å²) in [4.78, 5) is 23.7. The number of carbonyl (C=O) groups excluding carboxylic acids is 1. The first-order chi connectivity index (χ1) is 11.4. The summed E-state index contributed by atoms with van der Waals surface area (Å²) < 4.78 is 0. The van der Waals surface area contributed by atoms with Crippen LogP contribution in [-0.4, -0.2) is 38.9 Å². The van der Waals surface area contributed by atoms with Crippen molar-refractivity contribution < 1.29 is 4.79 Å². The predicted molar refractivity (Wildman–Crippen MR) is 97.6 cm³/mol. The van der Waals surface area contributed by atoms with Gasteiger partial charge in [0.25, 0.3) is 5.91 Å². The third-order valence-corrected chi connectivity index (χ3v) is 4.48. The standard InChI is InChI=1S/C18H23ClN4O/c1-10(2)23(11(3)4)18(24)14-15(21-12-7-8-12)13-6-5-9-20-17(13)22-16(14)19/h5-6,9-12H,7-8H2,1-4H3,(H,20,21,22). The molecule has 0 bridgehead atoms. The Labute approximate surface area is 147 Å². The lowest BCUT2D eigenvalue weighted by molar-refractivity contribution is 0.0644. The van der Waals surface area contributed by atoms with Crippen LogP contribution in [0, 0.1) is 0 Å². The van der Waals surface area contributed by atoms with Crippen molar-refractivity contribution in [3.8, 4) is 0 Å². The molecule has 2 heterocycles. The van der Waals surface area contributed by atoms with Gasteiger partial charge >= 0.3 is 0 Å². The molecular formula is C18H23ClN4O. The first-order valence-electron chi connectivity index (χ1n) is 8.43. The minimum absolute atomic E-state index is 0.0759. The van der Waals surface area contributed by atoms with E-state index < -0.39 is 0 Å². The normalized spacial score (nSPS) is 14.5. The Kier molecular flexibility index (Phi) is 4.63. The summed E-state index contributed by atoms with van der Waals surface area (Å²) in [5.41, 5.74) is 1.77. The summed E-state index contributed by atoms with van der Waals surface area (Å²) in [7, 11) is 0. The van der Waals surface area contributed by atoms with E-state index in [0.29, 0.717) is 17.3 Å². The molecule has 2 aromatic heterocycles. The highest BCUT2D eigenvalue weighted by atomic mass is 35.5. The summed E-state index contributed by atoms with van der Waals surface area (Å²) in [5.74, 6) is -0.0913. The second-order valence-electron chi connectivity index (χ2n) is 6.85. The monoisotopic (exact) mass is 346 g/mol. The fraction of sp³-hybridized carbons (Fsp3) is 0.500. The number of carbonyl (C=O) groups is 1. The highest BCUT2D eigenvalue weighted by Gasteiger charge is 2.31. The molecule has 3 rings (SSSR count). The van der Waals surface area contributed by atoms with Gasteiger partial charge in [-0.25, -0.2) is 9.97 Å². The number of halogens is 1. The number of nitrogens with one attached hydrogen (secondary N) is 1. The fourth-order valence-corrected chi connectivity index (χ4v) is 3.29. The molecule has 2 aromatic rings. The van der Waals surface area contributed by atoms with Gasteiger partial charge in [0.15, 0.2) is 5.65 Å². The van der Waals surface area contributed by atoms with Crippen LogP contribution in [0.4, 0.5) is 5.69 Å². The van der Waals surface area contributed by atoms with Gasteiger partial charge in [0.1, 0.15) is 10.7 Å². The lowest BCUT2D eigenvalue weighted by Crippen LogP contribution is -2.42. The topological polar surface area (TPSA) is 58.1 Å². The minimum atomic E-state index is -0.0913. The number of hydrogen-bond acceptors (Lipinski definition) is 4. The first-order valence-corrected chi connectivity index (χ1v) is 8.81. The Morgan fingerprint density at radius 3 is 2.54 bits per heavy atom. The van der Waals surface area contributed by atoms with Crippen molar-refractivity contribution in [2.75, 3.05) is 5.32 Å². The van der Waals surface area contributed by atoms with Gasteiger partial charge < -0.3 is 10.2 Å². The largest absolute Gasteiger partial charge is 0.381 e. The van der Waals surface area contributed by atoms with Crippen LogP contribution in [-0.2, 0) is 0 Å². The molecule has 0 aromatic carbocycles. The van der Waals surface area contributed by atoms with Crippen molar-refractivity contribution in [3.05, 3.63) is 29.0 Å². The average molecular weight is 347 g/mol. The molecule has 5 nitrogen and oxygen atoms in total. The number of fused-ring (bicyclic) bond motifs is 1. The second-order valence-corrected chi connectivity index (χ2v) is 7.20. The number of pyridine rings is 2. The summed E-state index contributed by atoms with van der Waals surface area (Å²) in [6.07, 6.45) is 3.89. The molecule has 1 saturated carbocycles. The molecular weight excluding hydrogens is 324 g/mol. The van der Waals surface area contributed by atoms with Crippen LogP contribution in [0.25, 0.3) is 11.0 Å². The van der Waals surface area contributed by atoms with E-state index >= 15 is 0 Å². The van der Waals surface area contributed by atoms with E-state index in [1.807, 2.05) is 44.7 Å². The lowest BCUT2D eigenvalue weighted by Gasteiger charge is -2.32. The van der Waals surface area contributed by atoms with Gasteiger partial charge in [-0.1, -0.05) is 11.6 Å². The van der Waals surface area contributed by atoms with Gasteiger partial charge in [-0.3, -0.25) is 4.79 Å². The van der Waals surface area contributed by atoms with Gasteiger partial charge in [0.2, 0.25) is 0 Å². The molecule has 1 fully saturated rings. The van der Waals surface area contributed by atoms with Crippen molar-refractivity contribution >= 4 is 34.2 Å². The van der Waals surface area contributed by atoms with E-state index in [4.69, 9.17) is 11.6 Å². The molecule has 1 amide bonds. The predicted octanol–water partition coefficient (Wildman–Crippen LogP) is 4.12. The van der Waals surface area contributed by atoms with Crippen molar-refractivity contribution in [3.63, 3.8) is 0 Å². The van der Waals surface area contributed by atoms with E-state index in [0.717, 1.165) is 23.9 Å². The number of rotatable bonds is 5. The second kappa shape index (κ2) is 6.55. The quantitative estimate of drug-likeness (QED) is 0.827. The highest BCUT2D eigenvalue weighted by molar-refractivity contribution is 6.34. The smallest absolute Gasteiger partial charge is 0.259 e. The maximum absolute atomic E-state index is 13.3. The maximum atomic E-state index is 13.3. The van der Waals surface area contributed by atoms with E-state index in [1.54, 1.807) is 6.20 Å². The first kappa shape index (κ1) is 17.0. The molecule has 0 radical (unpaired) electrons. The third kappa shape index (κ3) is 3.18. The van der Waals surface area contributed by atoms with Crippen LogP contribution in [0.5, 0.6) is 0 Å². The van der Waals surface area contributed by atoms with Crippen molar-refractivity contribution in [1.82, 2.24) is 14.9 Å². The van der Waals surface area contributed by atoms with Gasteiger partial charge in [-0.2, -0.15) is 0 Å². The Bertz CT molecular complexity index is 763. The molecule has 128 valence electrons. The SMILES string of the molecule is CC(C)N(C(=O)c1c(Cl)nc2ncccc2c1NC1CC1)C(C)C. The van der Waals surface area contributed by atoms with Crippen LogP contribution in [0.15, 0.2) is 18.3 Å². The molecule has 0 aliphatic heterocycles. The Morgan fingerprint density at radius 1 is 1.29 bits per heavy atom. The van der Waals surface area contributed by atoms with Gasteiger partial charge in [0, 0.05) is 29.7 Å². The molecule has 0 unspecified atom stereocenters.